The molecule has 1 aliphatic heterocycles. The van der Waals surface area contributed by atoms with Crippen LogP contribution in [0.5, 0.6) is 0 Å². The van der Waals surface area contributed by atoms with Crippen molar-refractivity contribution in [3.05, 3.63) is 29.8 Å². The molecule has 0 saturated carbocycles. The summed E-state index contributed by atoms with van der Waals surface area (Å²) in [5.74, 6) is -0.0464. The summed E-state index contributed by atoms with van der Waals surface area (Å²) >= 11 is 0. The van der Waals surface area contributed by atoms with E-state index in [4.69, 9.17) is 0 Å². The molecule has 1 saturated heterocycles. The van der Waals surface area contributed by atoms with E-state index < -0.39 is 25.4 Å². The molecular weight excluding hydrogens is 402 g/mol. The van der Waals surface area contributed by atoms with E-state index in [1.807, 2.05) is 4.90 Å². The molecule has 1 aromatic carbocycles. The number of piperazine rings is 1. The summed E-state index contributed by atoms with van der Waals surface area (Å²) in [5.41, 5.74) is -0.163. The summed E-state index contributed by atoms with van der Waals surface area (Å²) < 4.78 is 49.8. The maximum Gasteiger partial charge on any atom is 0.253 e. The highest BCUT2D eigenvalue weighted by Gasteiger charge is 2.25. The lowest BCUT2D eigenvalue weighted by molar-refractivity contribution is 0.0644. The van der Waals surface area contributed by atoms with Crippen molar-refractivity contribution >= 4 is 25.8 Å². The Balaban J connectivity index is 1.97. The highest BCUT2D eigenvalue weighted by Crippen LogP contribution is 2.16. The topological polar surface area (TPSA) is 104 Å². The molecule has 0 aromatic heterocycles. The second-order valence-corrected chi connectivity index (χ2v) is 12.1. The first kappa shape index (κ1) is 22.8. The third kappa shape index (κ3) is 6.84. The molecule has 2 rings (SSSR count). The minimum atomic E-state index is -3.64. The molecule has 1 aliphatic rings. The Bertz CT molecular complexity index is 896. The molecule has 1 N–H and O–H groups in total. The van der Waals surface area contributed by atoms with E-state index in [1.54, 1.807) is 25.7 Å². The molecule has 1 fully saturated rings. The lowest BCUT2D eigenvalue weighted by atomic mass is 10.1. The van der Waals surface area contributed by atoms with E-state index in [0.29, 0.717) is 38.3 Å². The minimum absolute atomic E-state index is 0.111. The van der Waals surface area contributed by atoms with Crippen molar-refractivity contribution in [3.63, 3.8) is 0 Å². The Labute approximate surface area is 167 Å². The van der Waals surface area contributed by atoms with Crippen molar-refractivity contribution in [3.8, 4) is 0 Å². The van der Waals surface area contributed by atoms with Crippen molar-refractivity contribution in [1.82, 2.24) is 14.5 Å². The van der Waals surface area contributed by atoms with Crippen molar-refractivity contribution in [2.75, 3.05) is 44.7 Å². The maximum atomic E-state index is 12.7. The summed E-state index contributed by atoms with van der Waals surface area (Å²) in [6, 6.07) is 5.92. The fourth-order valence-corrected chi connectivity index (χ4v) is 4.90. The second-order valence-electron chi connectivity index (χ2n) is 8.14. The summed E-state index contributed by atoms with van der Waals surface area (Å²) in [6.07, 6.45) is 1.22. The van der Waals surface area contributed by atoms with Crippen LogP contribution in [0.3, 0.4) is 0 Å². The van der Waals surface area contributed by atoms with Gasteiger partial charge in [-0.15, -0.1) is 0 Å². The monoisotopic (exact) mass is 431 g/mol. The first-order valence-electron chi connectivity index (χ1n) is 9.10. The van der Waals surface area contributed by atoms with Gasteiger partial charge in [-0.25, -0.2) is 21.6 Å². The van der Waals surface area contributed by atoms with Crippen molar-refractivity contribution < 1.29 is 21.6 Å². The summed E-state index contributed by atoms with van der Waals surface area (Å²) in [7, 11) is -6.64. The molecule has 10 heteroatoms. The van der Waals surface area contributed by atoms with Gasteiger partial charge in [0.15, 0.2) is 0 Å². The predicted octanol–water partition coefficient (Wildman–Crippen LogP) is 0.566. The van der Waals surface area contributed by atoms with E-state index >= 15 is 0 Å². The number of carbonyl (C=O) groups excluding carboxylic acids is 1. The molecule has 0 atom stereocenters. The zero-order valence-electron chi connectivity index (χ0n) is 16.8. The Morgan fingerprint density at radius 3 is 2.00 bits per heavy atom. The lowest BCUT2D eigenvalue weighted by Crippen LogP contribution is -2.49. The molecule has 1 amide bonds. The quantitative estimate of drug-likeness (QED) is 0.706. The van der Waals surface area contributed by atoms with Crippen LogP contribution in [0.1, 0.15) is 31.1 Å². The van der Waals surface area contributed by atoms with Crippen LogP contribution in [0.4, 0.5) is 0 Å². The van der Waals surface area contributed by atoms with Gasteiger partial charge in [0.1, 0.15) is 9.84 Å². The number of nitrogens with one attached hydrogen (secondary N) is 1. The van der Waals surface area contributed by atoms with Crippen LogP contribution in [0.25, 0.3) is 0 Å². The van der Waals surface area contributed by atoms with Gasteiger partial charge in [-0.05, 0) is 45.0 Å². The van der Waals surface area contributed by atoms with Crippen molar-refractivity contribution in [2.45, 2.75) is 31.2 Å². The van der Waals surface area contributed by atoms with E-state index in [9.17, 15) is 21.6 Å². The van der Waals surface area contributed by atoms with Gasteiger partial charge in [0.25, 0.3) is 5.91 Å². The number of amides is 1. The van der Waals surface area contributed by atoms with Crippen LogP contribution in [-0.2, 0) is 19.9 Å². The number of hydrogen-bond acceptors (Lipinski definition) is 6. The number of sulfonamides is 1. The molecule has 0 bridgehead atoms. The first-order valence-corrected chi connectivity index (χ1v) is 12.6. The molecule has 1 aromatic rings. The summed E-state index contributed by atoms with van der Waals surface area (Å²) in [4.78, 5) is 16.5. The van der Waals surface area contributed by atoms with Crippen LogP contribution in [0.15, 0.2) is 29.2 Å². The van der Waals surface area contributed by atoms with Crippen LogP contribution in [0.2, 0.25) is 0 Å². The number of benzene rings is 1. The van der Waals surface area contributed by atoms with Crippen LogP contribution in [-0.4, -0.2) is 82.8 Å². The Morgan fingerprint density at radius 2 is 1.54 bits per heavy atom. The fraction of sp³-hybridized carbons (Fsp3) is 0.611. The summed E-state index contributed by atoms with van der Waals surface area (Å²) in [5, 5.41) is 0. The third-order valence-electron chi connectivity index (χ3n) is 4.29. The van der Waals surface area contributed by atoms with E-state index in [-0.39, 0.29) is 16.6 Å². The summed E-state index contributed by atoms with van der Waals surface area (Å²) in [6.45, 7) is 8.00. The van der Waals surface area contributed by atoms with E-state index in [1.165, 1.54) is 30.5 Å². The standard InChI is InChI=1S/C18H29N3O5S2/c1-18(2,3)19-28(25,26)16-7-5-15(6-8-16)17(22)21-11-9-20(10-12-21)13-14-27(4,23)24/h5-8,19H,9-14H2,1-4H3. The normalized spacial score (nSPS) is 16.9. The van der Waals surface area contributed by atoms with E-state index in [0.717, 1.165) is 0 Å². The van der Waals surface area contributed by atoms with Crippen LogP contribution < -0.4 is 4.72 Å². The molecule has 158 valence electrons. The Hall–Kier alpha value is -1.49. The van der Waals surface area contributed by atoms with Gasteiger partial charge in [-0.1, -0.05) is 0 Å². The largest absolute Gasteiger partial charge is 0.336 e. The SMILES string of the molecule is CC(C)(C)NS(=O)(=O)c1ccc(C(=O)N2CCN(CCS(C)(=O)=O)CC2)cc1. The van der Waals surface area contributed by atoms with Gasteiger partial charge >= 0.3 is 0 Å². The van der Waals surface area contributed by atoms with Gasteiger partial charge in [-0.2, -0.15) is 0 Å². The molecule has 1 heterocycles. The highest BCUT2D eigenvalue weighted by atomic mass is 32.2. The zero-order valence-corrected chi connectivity index (χ0v) is 18.4. The lowest BCUT2D eigenvalue weighted by Gasteiger charge is -2.34. The Morgan fingerprint density at radius 1 is 1.00 bits per heavy atom. The molecule has 0 aliphatic carbocycles. The van der Waals surface area contributed by atoms with Gasteiger partial charge in [0.05, 0.1) is 10.6 Å². The van der Waals surface area contributed by atoms with Crippen molar-refractivity contribution in [1.29, 1.82) is 0 Å². The number of hydrogen-bond donors (Lipinski definition) is 1. The molecule has 8 nitrogen and oxygen atoms in total. The number of sulfone groups is 1. The Kier molecular flexibility index (Phi) is 6.90. The fourth-order valence-electron chi connectivity index (χ4n) is 2.89. The molecular formula is C18H29N3O5S2. The van der Waals surface area contributed by atoms with Gasteiger partial charge < -0.3 is 4.90 Å². The van der Waals surface area contributed by atoms with Crippen LogP contribution >= 0.6 is 0 Å². The average Bonchev–Trinajstić information content (AvgIpc) is 2.57. The second kappa shape index (κ2) is 8.48. The van der Waals surface area contributed by atoms with E-state index in [2.05, 4.69) is 4.72 Å². The zero-order chi connectivity index (χ0) is 21.2. The van der Waals surface area contributed by atoms with Gasteiger partial charge in [0.2, 0.25) is 10.0 Å². The number of rotatable bonds is 6. The van der Waals surface area contributed by atoms with Gasteiger partial charge in [0, 0.05) is 50.1 Å². The highest BCUT2D eigenvalue weighted by molar-refractivity contribution is 7.90. The third-order valence-corrected chi connectivity index (χ3v) is 6.99. The molecule has 28 heavy (non-hydrogen) atoms. The maximum absolute atomic E-state index is 12.7. The smallest absolute Gasteiger partial charge is 0.253 e. The molecule has 0 radical (unpaired) electrons. The van der Waals surface area contributed by atoms with Crippen molar-refractivity contribution in [2.24, 2.45) is 0 Å². The average molecular weight is 432 g/mol. The minimum Gasteiger partial charge on any atom is -0.336 e. The van der Waals surface area contributed by atoms with Gasteiger partial charge in [-0.3, -0.25) is 9.69 Å². The number of nitrogens with zero attached hydrogens (tertiary/aromatic N) is 2. The molecule has 0 unspecified atom stereocenters. The van der Waals surface area contributed by atoms with Crippen LogP contribution in [0, 0.1) is 0 Å². The predicted molar refractivity (Wildman–Crippen MR) is 109 cm³/mol. The first-order chi connectivity index (χ1) is 12.8. The molecule has 0 spiro atoms. The number of carbonyl (C=O) groups is 1.